The lowest BCUT2D eigenvalue weighted by Crippen LogP contribution is -2.43. The normalized spacial score (nSPS) is 14.1. The molecule has 0 saturated heterocycles. The number of hydrogen-bond donors (Lipinski definition) is 0. The first-order valence-corrected chi connectivity index (χ1v) is 14.1. The van der Waals surface area contributed by atoms with Gasteiger partial charge in [0.15, 0.2) is 0 Å². The second-order valence-corrected chi connectivity index (χ2v) is 14.1. The molecule has 0 fully saturated rings. The van der Waals surface area contributed by atoms with Crippen LogP contribution in [-0.4, -0.2) is 46.6 Å². The molecule has 0 aliphatic heterocycles. The summed E-state index contributed by atoms with van der Waals surface area (Å²) in [5.41, 5.74) is -2.41. The molecule has 0 N–H and O–H groups in total. The van der Waals surface area contributed by atoms with E-state index in [9.17, 15) is 4.79 Å². The molecule has 0 saturated carbocycles. The van der Waals surface area contributed by atoms with Crippen LogP contribution in [0.2, 0.25) is 0 Å². The summed E-state index contributed by atoms with van der Waals surface area (Å²) >= 11 is 0. The predicted molar refractivity (Wildman–Crippen MR) is 148 cm³/mol. The van der Waals surface area contributed by atoms with Crippen LogP contribution in [0.4, 0.5) is 0 Å². The van der Waals surface area contributed by atoms with E-state index in [4.69, 9.17) is 43.8 Å². The van der Waals surface area contributed by atoms with Crippen molar-refractivity contribution in [3.63, 3.8) is 0 Å². The lowest BCUT2D eigenvalue weighted by molar-refractivity contribution is -0.547. The Balaban J connectivity index is 5.83. The van der Waals surface area contributed by atoms with Crippen LogP contribution >= 0.6 is 0 Å². The van der Waals surface area contributed by atoms with Gasteiger partial charge >= 0.3 is 5.97 Å². The molecule has 0 aromatic rings. The van der Waals surface area contributed by atoms with Crippen LogP contribution in [0.15, 0.2) is 0 Å². The molecule has 0 aliphatic carbocycles. The van der Waals surface area contributed by atoms with Crippen LogP contribution in [0.1, 0.15) is 142 Å². The van der Waals surface area contributed by atoms with Gasteiger partial charge in [0.05, 0.1) is 35.4 Å². The molecule has 0 aromatic heterocycles. The zero-order chi connectivity index (χ0) is 30.6. The Labute approximate surface area is 237 Å². The van der Waals surface area contributed by atoms with Gasteiger partial charge in [0.2, 0.25) is 11.6 Å². The van der Waals surface area contributed by atoms with E-state index >= 15 is 0 Å². The van der Waals surface area contributed by atoms with Crippen LogP contribution in [0.3, 0.4) is 0 Å². The number of carbonyl (C=O) groups is 1. The van der Waals surface area contributed by atoms with Gasteiger partial charge in [0, 0.05) is 19.3 Å². The van der Waals surface area contributed by atoms with Crippen molar-refractivity contribution in [3.05, 3.63) is 0 Å². The molecule has 0 radical (unpaired) electrons. The second-order valence-electron chi connectivity index (χ2n) is 14.1. The Morgan fingerprint density at radius 1 is 0.513 bits per heavy atom. The Morgan fingerprint density at radius 3 is 1.31 bits per heavy atom. The molecule has 0 atom stereocenters. The van der Waals surface area contributed by atoms with Crippen LogP contribution in [0, 0.1) is 0 Å². The van der Waals surface area contributed by atoms with Gasteiger partial charge in [-0.15, -0.1) is 0 Å². The van der Waals surface area contributed by atoms with Crippen molar-refractivity contribution in [2.45, 2.75) is 176 Å². The monoisotopic (exact) mass is 566 g/mol. The highest BCUT2D eigenvalue weighted by molar-refractivity contribution is 5.69. The van der Waals surface area contributed by atoms with E-state index in [1.165, 1.54) is 0 Å². The maximum Gasteiger partial charge on any atom is 0.305 e. The maximum absolute atomic E-state index is 12.5. The average Bonchev–Trinajstić information content (AvgIpc) is 2.75. The van der Waals surface area contributed by atoms with E-state index in [0.29, 0.717) is 19.4 Å². The molecule has 0 rings (SSSR count). The van der Waals surface area contributed by atoms with E-state index in [-0.39, 0.29) is 25.2 Å². The summed E-state index contributed by atoms with van der Waals surface area (Å²) < 4.78 is 5.35. The van der Waals surface area contributed by atoms with Crippen molar-refractivity contribution in [1.82, 2.24) is 0 Å². The number of rotatable bonds is 18. The third-order valence-corrected chi connectivity index (χ3v) is 4.48. The summed E-state index contributed by atoms with van der Waals surface area (Å²) in [5, 5.41) is 0. The van der Waals surface area contributed by atoms with Crippen molar-refractivity contribution in [1.29, 1.82) is 0 Å². The fraction of sp³-hybridized carbons (Fsp3) is 0.966. The first kappa shape index (κ1) is 38.1. The van der Waals surface area contributed by atoms with Crippen molar-refractivity contribution >= 4 is 5.97 Å². The summed E-state index contributed by atoms with van der Waals surface area (Å²) in [5.74, 6) is -3.01. The van der Waals surface area contributed by atoms with Gasteiger partial charge in [-0.1, -0.05) is 13.3 Å². The number of carbonyl (C=O) groups excluding carboxylic acids is 1. The predicted octanol–water partition coefficient (Wildman–Crippen LogP) is 7.68. The summed E-state index contributed by atoms with van der Waals surface area (Å²) in [6, 6.07) is 0. The molecular weight excluding hydrogens is 508 g/mol. The topological polar surface area (TPSA) is 100 Å². The Bertz CT molecular complexity index is 644. The molecule has 0 aromatic carbocycles. The zero-order valence-corrected chi connectivity index (χ0v) is 27.2. The van der Waals surface area contributed by atoms with Gasteiger partial charge in [-0.2, -0.15) is 19.6 Å². The lowest BCUT2D eigenvalue weighted by atomic mass is 10.0. The van der Waals surface area contributed by atoms with Crippen LogP contribution < -0.4 is 0 Å². The van der Waals surface area contributed by atoms with E-state index in [1.807, 2.05) is 90.0 Å². The van der Waals surface area contributed by atoms with E-state index in [1.54, 1.807) is 6.92 Å². The minimum atomic E-state index is -1.42. The summed E-state index contributed by atoms with van der Waals surface area (Å²) in [4.78, 5) is 58.3. The summed E-state index contributed by atoms with van der Waals surface area (Å²) in [6.45, 7) is 26.5. The van der Waals surface area contributed by atoms with Crippen molar-refractivity contribution in [3.8, 4) is 0 Å². The molecule has 10 nitrogen and oxygen atoms in total. The van der Waals surface area contributed by atoms with Gasteiger partial charge in [-0.25, -0.2) is 19.6 Å². The number of hydrogen-bond acceptors (Lipinski definition) is 10. The standard InChI is InChI=1S/C29H58O10/c1-15-16-22-31-23(30)18-21-29(38-34-26(8,9)10,39-35-27(11,12)13)20-17-19-28(14,36-32-24(2,3)4)37-33-25(5,6)7/h15-22H2,1-14H3. The van der Waals surface area contributed by atoms with Crippen LogP contribution in [0.5, 0.6) is 0 Å². The Hall–Kier alpha value is -0.850. The van der Waals surface area contributed by atoms with Crippen molar-refractivity contribution < 1.29 is 48.6 Å². The van der Waals surface area contributed by atoms with Gasteiger partial charge in [-0.3, -0.25) is 4.79 Å². The first-order valence-electron chi connectivity index (χ1n) is 14.1. The zero-order valence-electron chi connectivity index (χ0n) is 27.2. The minimum Gasteiger partial charge on any atom is -0.466 e. The maximum atomic E-state index is 12.5. The lowest BCUT2D eigenvalue weighted by Gasteiger charge is -2.36. The summed E-state index contributed by atoms with van der Waals surface area (Å²) in [6.07, 6.45) is 2.98. The second kappa shape index (κ2) is 16.0. The highest BCUT2D eigenvalue weighted by Crippen LogP contribution is 2.34. The molecule has 10 heteroatoms. The van der Waals surface area contributed by atoms with Gasteiger partial charge in [0.25, 0.3) is 0 Å². The van der Waals surface area contributed by atoms with Crippen molar-refractivity contribution in [2.75, 3.05) is 6.61 Å². The van der Waals surface area contributed by atoms with Crippen molar-refractivity contribution in [2.24, 2.45) is 0 Å². The van der Waals surface area contributed by atoms with Gasteiger partial charge in [0.1, 0.15) is 0 Å². The third kappa shape index (κ3) is 21.6. The highest BCUT2D eigenvalue weighted by atomic mass is 17.3. The molecule has 0 unspecified atom stereocenters. The molecule has 0 heterocycles. The van der Waals surface area contributed by atoms with Gasteiger partial charge in [-0.05, 0) is 103 Å². The molecule has 0 spiro atoms. The first-order chi connectivity index (χ1) is 17.5. The van der Waals surface area contributed by atoms with E-state index in [0.717, 1.165) is 12.8 Å². The molecule has 39 heavy (non-hydrogen) atoms. The third-order valence-electron chi connectivity index (χ3n) is 4.48. The molecular formula is C29H58O10. The van der Waals surface area contributed by atoms with E-state index < -0.39 is 34.0 Å². The Kier molecular flexibility index (Phi) is 15.6. The Morgan fingerprint density at radius 2 is 0.923 bits per heavy atom. The van der Waals surface area contributed by atoms with Crippen LogP contribution in [0.25, 0.3) is 0 Å². The SMILES string of the molecule is CCCCOC(=O)CCC(CCCC(C)(OOC(C)(C)C)OOC(C)(C)C)(OOC(C)(C)C)OOC(C)(C)C. The molecule has 0 aliphatic rings. The van der Waals surface area contributed by atoms with E-state index in [2.05, 4.69) is 0 Å². The summed E-state index contributed by atoms with van der Waals surface area (Å²) in [7, 11) is 0. The fourth-order valence-electron chi connectivity index (χ4n) is 2.60. The quantitative estimate of drug-likeness (QED) is 0.0540. The smallest absolute Gasteiger partial charge is 0.305 e. The minimum absolute atomic E-state index is 0.0509. The van der Waals surface area contributed by atoms with Crippen LogP contribution in [-0.2, 0) is 48.6 Å². The van der Waals surface area contributed by atoms with Gasteiger partial charge < -0.3 is 4.74 Å². The fourth-order valence-corrected chi connectivity index (χ4v) is 2.60. The highest BCUT2D eigenvalue weighted by Gasteiger charge is 2.41. The number of esters is 1. The molecule has 0 bridgehead atoms. The average molecular weight is 567 g/mol. The number of unbranched alkanes of at least 4 members (excludes halogenated alkanes) is 1. The molecule has 234 valence electrons. The molecule has 0 amide bonds. The number of ether oxygens (including phenoxy) is 1. The largest absolute Gasteiger partial charge is 0.466 e.